The third-order valence-corrected chi connectivity index (χ3v) is 5.50. The molecular formula is C20H29N3O2. The molecule has 1 aromatic carbocycles. The minimum absolute atomic E-state index is 0.0476. The maximum atomic E-state index is 12.7. The summed E-state index contributed by atoms with van der Waals surface area (Å²) in [5, 5.41) is 3.22. The molecule has 136 valence electrons. The molecule has 1 aliphatic heterocycles. The molecule has 0 aromatic heterocycles. The van der Waals surface area contributed by atoms with Gasteiger partial charge in [-0.25, -0.2) is 4.79 Å². The monoisotopic (exact) mass is 343 g/mol. The maximum Gasteiger partial charge on any atom is 0.314 e. The van der Waals surface area contributed by atoms with Crippen molar-refractivity contribution in [3.05, 3.63) is 35.4 Å². The van der Waals surface area contributed by atoms with Crippen molar-refractivity contribution in [3.8, 4) is 0 Å². The van der Waals surface area contributed by atoms with Crippen molar-refractivity contribution < 1.29 is 9.59 Å². The van der Waals surface area contributed by atoms with Crippen LogP contribution in [0.4, 0.5) is 4.79 Å². The van der Waals surface area contributed by atoms with E-state index in [2.05, 4.69) is 43.4 Å². The number of rotatable bonds is 4. The Labute approximate surface area is 150 Å². The van der Waals surface area contributed by atoms with Gasteiger partial charge in [-0.05, 0) is 63.0 Å². The Morgan fingerprint density at radius 1 is 1.24 bits per heavy atom. The van der Waals surface area contributed by atoms with Crippen LogP contribution < -0.4 is 11.1 Å². The van der Waals surface area contributed by atoms with E-state index in [4.69, 9.17) is 5.73 Å². The molecule has 3 rings (SSSR count). The van der Waals surface area contributed by atoms with Crippen molar-refractivity contribution in [1.29, 1.82) is 0 Å². The summed E-state index contributed by atoms with van der Waals surface area (Å²) in [6.07, 6.45) is 4.79. The molecule has 3 N–H and O–H groups in total. The van der Waals surface area contributed by atoms with Gasteiger partial charge in [-0.15, -0.1) is 0 Å². The summed E-state index contributed by atoms with van der Waals surface area (Å²) in [6.45, 7) is 5.29. The third kappa shape index (κ3) is 4.33. The number of carbonyl (C=O) groups is 2. The first kappa shape index (κ1) is 17.8. The Hall–Kier alpha value is -2.04. The first-order chi connectivity index (χ1) is 11.8. The predicted molar refractivity (Wildman–Crippen MR) is 98.1 cm³/mol. The van der Waals surface area contributed by atoms with Crippen LogP contribution in [0.5, 0.6) is 0 Å². The smallest absolute Gasteiger partial charge is 0.314 e. The van der Waals surface area contributed by atoms with Crippen LogP contribution in [0.1, 0.15) is 44.2 Å². The van der Waals surface area contributed by atoms with E-state index in [0.29, 0.717) is 19.0 Å². The lowest BCUT2D eigenvalue weighted by atomic mass is 9.87. The number of nitrogens with zero attached hydrogens (tertiary/aromatic N) is 1. The molecule has 1 aliphatic carbocycles. The van der Waals surface area contributed by atoms with Crippen molar-refractivity contribution in [3.63, 3.8) is 0 Å². The lowest BCUT2D eigenvalue weighted by molar-refractivity contribution is -0.128. The summed E-state index contributed by atoms with van der Waals surface area (Å²) < 4.78 is 0. The highest BCUT2D eigenvalue weighted by Gasteiger charge is 2.33. The number of primary amides is 1. The molecule has 5 nitrogen and oxygen atoms in total. The molecule has 1 unspecified atom stereocenters. The molecule has 0 bridgehead atoms. The van der Waals surface area contributed by atoms with E-state index in [9.17, 15) is 9.59 Å². The molecule has 1 saturated heterocycles. The van der Waals surface area contributed by atoms with Crippen LogP contribution in [0.3, 0.4) is 0 Å². The SMILES string of the molecule is CC(C)(CC1Cc2ccccc2C1)NC(=O)C1CCCN(C(N)=O)C1. The summed E-state index contributed by atoms with van der Waals surface area (Å²) in [5.74, 6) is 0.467. The zero-order valence-corrected chi connectivity index (χ0v) is 15.3. The summed E-state index contributed by atoms with van der Waals surface area (Å²) in [5.41, 5.74) is 8.00. The second-order valence-corrected chi connectivity index (χ2v) is 8.24. The van der Waals surface area contributed by atoms with Crippen molar-refractivity contribution in [1.82, 2.24) is 10.2 Å². The second-order valence-electron chi connectivity index (χ2n) is 8.24. The topological polar surface area (TPSA) is 75.4 Å². The lowest BCUT2D eigenvalue weighted by Crippen LogP contribution is -2.52. The fourth-order valence-corrected chi connectivity index (χ4v) is 4.39. The summed E-state index contributed by atoms with van der Waals surface area (Å²) in [6, 6.07) is 8.19. The van der Waals surface area contributed by atoms with Gasteiger partial charge in [0.2, 0.25) is 5.91 Å². The number of benzene rings is 1. The van der Waals surface area contributed by atoms with Crippen LogP contribution in [-0.4, -0.2) is 35.5 Å². The molecule has 0 radical (unpaired) electrons. The van der Waals surface area contributed by atoms with Crippen molar-refractivity contribution in [2.75, 3.05) is 13.1 Å². The van der Waals surface area contributed by atoms with Gasteiger partial charge in [0, 0.05) is 18.6 Å². The van der Waals surface area contributed by atoms with E-state index >= 15 is 0 Å². The zero-order chi connectivity index (χ0) is 18.0. The molecule has 25 heavy (non-hydrogen) atoms. The number of piperidine rings is 1. The van der Waals surface area contributed by atoms with E-state index in [1.165, 1.54) is 11.1 Å². The largest absolute Gasteiger partial charge is 0.351 e. The number of nitrogens with two attached hydrogens (primary N) is 1. The van der Waals surface area contributed by atoms with Gasteiger partial charge in [0.05, 0.1) is 5.92 Å². The Bertz CT molecular complexity index is 631. The van der Waals surface area contributed by atoms with Gasteiger partial charge >= 0.3 is 6.03 Å². The molecule has 1 aromatic rings. The van der Waals surface area contributed by atoms with Gasteiger partial charge in [0.1, 0.15) is 0 Å². The normalized spacial score (nSPS) is 21.0. The highest BCUT2D eigenvalue weighted by Crippen LogP contribution is 2.32. The van der Waals surface area contributed by atoms with Crippen LogP contribution in [-0.2, 0) is 17.6 Å². The minimum Gasteiger partial charge on any atom is -0.351 e. The molecule has 3 amide bonds. The van der Waals surface area contributed by atoms with Crippen LogP contribution >= 0.6 is 0 Å². The molecule has 0 spiro atoms. The number of likely N-dealkylation sites (tertiary alicyclic amines) is 1. The summed E-state index contributed by atoms with van der Waals surface area (Å²) in [4.78, 5) is 25.6. The fraction of sp³-hybridized carbons (Fsp3) is 0.600. The van der Waals surface area contributed by atoms with Gasteiger partial charge in [0.15, 0.2) is 0 Å². The molecule has 2 aliphatic rings. The van der Waals surface area contributed by atoms with E-state index in [1.54, 1.807) is 4.90 Å². The maximum absolute atomic E-state index is 12.7. The van der Waals surface area contributed by atoms with Crippen molar-refractivity contribution in [2.24, 2.45) is 17.6 Å². The van der Waals surface area contributed by atoms with Crippen LogP contribution in [0.15, 0.2) is 24.3 Å². The molecule has 5 heteroatoms. The molecule has 1 atom stereocenters. The van der Waals surface area contributed by atoms with Crippen molar-refractivity contribution >= 4 is 11.9 Å². The Kier molecular flexibility index (Phi) is 5.02. The Balaban J connectivity index is 1.54. The summed E-state index contributed by atoms with van der Waals surface area (Å²) in [7, 11) is 0. The molecule has 1 heterocycles. The second kappa shape index (κ2) is 7.06. The van der Waals surface area contributed by atoms with Gasteiger partial charge in [0.25, 0.3) is 0 Å². The van der Waals surface area contributed by atoms with Crippen LogP contribution in [0, 0.1) is 11.8 Å². The van der Waals surface area contributed by atoms with Gasteiger partial charge in [-0.1, -0.05) is 24.3 Å². The Morgan fingerprint density at radius 3 is 2.48 bits per heavy atom. The van der Waals surface area contributed by atoms with Gasteiger partial charge in [-0.3, -0.25) is 4.79 Å². The number of amides is 3. The first-order valence-electron chi connectivity index (χ1n) is 9.27. The molecule has 0 saturated carbocycles. The first-order valence-corrected chi connectivity index (χ1v) is 9.27. The van der Waals surface area contributed by atoms with E-state index in [1.807, 2.05) is 0 Å². The highest BCUT2D eigenvalue weighted by atomic mass is 16.2. The average Bonchev–Trinajstić information content (AvgIpc) is 2.95. The van der Waals surface area contributed by atoms with Gasteiger partial charge in [-0.2, -0.15) is 0 Å². The highest BCUT2D eigenvalue weighted by molar-refractivity contribution is 5.81. The number of hydrogen-bond acceptors (Lipinski definition) is 2. The molecular weight excluding hydrogens is 314 g/mol. The van der Waals surface area contributed by atoms with Crippen LogP contribution in [0.2, 0.25) is 0 Å². The van der Waals surface area contributed by atoms with Crippen molar-refractivity contribution in [2.45, 2.75) is 51.5 Å². The third-order valence-electron chi connectivity index (χ3n) is 5.50. The van der Waals surface area contributed by atoms with Crippen LogP contribution in [0.25, 0.3) is 0 Å². The summed E-state index contributed by atoms with van der Waals surface area (Å²) >= 11 is 0. The van der Waals surface area contributed by atoms with E-state index in [0.717, 1.165) is 32.1 Å². The number of fused-ring (bicyclic) bond motifs is 1. The van der Waals surface area contributed by atoms with Gasteiger partial charge < -0.3 is 16.0 Å². The predicted octanol–water partition coefficient (Wildman–Crippen LogP) is 2.48. The Morgan fingerprint density at radius 2 is 1.88 bits per heavy atom. The standard InChI is InChI=1S/C20H29N3O2/c1-20(2,12-14-10-15-6-3-4-7-16(15)11-14)22-18(24)17-8-5-9-23(13-17)19(21)25/h3-4,6-7,14,17H,5,8-13H2,1-2H3,(H2,21,25)(H,22,24). The van der Waals surface area contributed by atoms with E-state index in [-0.39, 0.29) is 17.4 Å². The lowest BCUT2D eigenvalue weighted by Gasteiger charge is -2.35. The zero-order valence-electron chi connectivity index (χ0n) is 15.3. The minimum atomic E-state index is -0.430. The quantitative estimate of drug-likeness (QED) is 0.881. The number of hydrogen-bond donors (Lipinski definition) is 2. The fourth-order valence-electron chi connectivity index (χ4n) is 4.39. The number of urea groups is 1. The number of carbonyl (C=O) groups excluding carboxylic acids is 2. The molecule has 1 fully saturated rings. The number of nitrogens with one attached hydrogen (secondary N) is 1. The average molecular weight is 343 g/mol. The van der Waals surface area contributed by atoms with E-state index < -0.39 is 6.03 Å².